The second-order valence-corrected chi connectivity index (χ2v) is 13.3. The highest BCUT2D eigenvalue weighted by Gasteiger charge is 2.37. The quantitative estimate of drug-likeness (QED) is 0.0541. The fourth-order valence-electron chi connectivity index (χ4n) is 6.09. The van der Waals surface area contributed by atoms with Crippen molar-refractivity contribution >= 4 is 35.7 Å². The molecule has 0 saturated heterocycles. The molecule has 0 heterocycles. The van der Waals surface area contributed by atoms with Crippen LogP contribution >= 0.6 is 0 Å². The number of carbonyl (C=O) groups excluding carboxylic acids is 6. The van der Waals surface area contributed by atoms with Crippen molar-refractivity contribution in [3.8, 4) is 11.1 Å². The largest absolute Gasteiger partial charge is 0.458 e. The Morgan fingerprint density at radius 2 is 1.07 bits per heavy atom. The second kappa shape index (κ2) is 20.3. The van der Waals surface area contributed by atoms with E-state index in [9.17, 15) is 33.2 Å². The van der Waals surface area contributed by atoms with Crippen molar-refractivity contribution < 1.29 is 47.4 Å². The van der Waals surface area contributed by atoms with Gasteiger partial charge in [-0.05, 0) is 40.3 Å². The number of halogens is 1. The molecule has 0 radical (unpaired) electrons. The summed E-state index contributed by atoms with van der Waals surface area (Å²) in [5, 5.41) is 11.7. The Morgan fingerprint density at radius 3 is 1.61 bits per heavy atom. The molecule has 298 valence electrons. The van der Waals surface area contributed by atoms with Crippen LogP contribution in [0.2, 0.25) is 0 Å². The highest BCUT2D eigenvalue weighted by Crippen LogP contribution is 2.47. The van der Waals surface area contributed by atoms with Crippen LogP contribution in [0.3, 0.4) is 0 Å². The molecule has 0 fully saturated rings. The Bertz CT molecular complexity index is 1990. The third kappa shape index (κ3) is 12.4. The van der Waals surface area contributed by atoms with Gasteiger partial charge in [-0.15, -0.1) is 0 Å². The van der Waals surface area contributed by atoms with Crippen LogP contribution in [0.4, 0.5) is 9.18 Å². The molecule has 15 heteroatoms. The Morgan fingerprint density at radius 1 is 0.614 bits per heavy atom. The van der Waals surface area contributed by atoms with Gasteiger partial charge in [0, 0.05) is 12.3 Å². The van der Waals surface area contributed by atoms with Crippen molar-refractivity contribution in [2.75, 3.05) is 39.5 Å². The first-order valence-electron chi connectivity index (χ1n) is 18.2. The molecule has 0 aliphatic heterocycles. The SMILES string of the molecule is C[C@](F)(COCNC(=O)CNC(=O)CNC(=O)CNC(=O)CNC(=O)O[C@@H](Cc1ccccc1)C1c2ccccc2-c2ccccc21)C(=O)OCc1ccccc1. The van der Waals surface area contributed by atoms with Crippen LogP contribution in [-0.2, 0) is 51.2 Å². The van der Waals surface area contributed by atoms with E-state index in [0.29, 0.717) is 12.0 Å². The van der Waals surface area contributed by atoms with Gasteiger partial charge in [0.2, 0.25) is 29.3 Å². The number of alkyl carbamates (subject to hydrolysis) is 1. The zero-order chi connectivity index (χ0) is 40.6. The molecule has 5 N–H and O–H groups in total. The van der Waals surface area contributed by atoms with E-state index in [2.05, 4.69) is 26.6 Å². The molecular formula is C42H44FN5O9. The number of alkyl halides is 1. The monoisotopic (exact) mass is 781 g/mol. The maximum Gasteiger partial charge on any atom is 0.407 e. The van der Waals surface area contributed by atoms with E-state index >= 15 is 0 Å². The van der Waals surface area contributed by atoms with Gasteiger partial charge >= 0.3 is 12.1 Å². The molecule has 4 aromatic carbocycles. The molecule has 4 aromatic rings. The first kappa shape index (κ1) is 41.6. The van der Waals surface area contributed by atoms with E-state index in [4.69, 9.17) is 14.2 Å². The summed E-state index contributed by atoms with van der Waals surface area (Å²) in [6.45, 7) is -2.17. The minimum absolute atomic E-state index is 0.107. The number of fused-ring (bicyclic) bond motifs is 3. The Labute approximate surface area is 328 Å². The lowest BCUT2D eigenvalue weighted by atomic mass is 9.87. The van der Waals surface area contributed by atoms with Crippen LogP contribution < -0.4 is 26.6 Å². The van der Waals surface area contributed by atoms with Crippen LogP contribution in [-0.4, -0.2) is 87.0 Å². The minimum atomic E-state index is -2.46. The molecule has 0 saturated carbocycles. The van der Waals surface area contributed by atoms with Gasteiger partial charge < -0.3 is 40.8 Å². The van der Waals surface area contributed by atoms with Crippen molar-refractivity contribution in [1.82, 2.24) is 26.6 Å². The Kier molecular flexibility index (Phi) is 14.8. The fraction of sp³-hybridized carbons (Fsp3) is 0.286. The van der Waals surface area contributed by atoms with Crippen LogP contribution in [0.1, 0.15) is 35.1 Å². The zero-order valence-electron chi connectivity index (χ0n) is 31.3. The van der Waals surface area contributed by atoms with Crippen molar-refractivity contribution in [2.45, 2.75) is 37.6 Å². The minimum Gasteiger partial charge on any atom is -0.458 e. The number of nitrogens with one attached hydrogen (secondary N) is 5. The summed E-state index contributed by atoms with van der Waals surface area (Å²) in [6, 6.07) is 34.4. The van der Waals surface area contributed by atoms with E-state index < -0.39 is 87.0 Å². The highest BCUT2D eigenvalue weighted by molar-refractivity contribution is 5.90. The smallest absolute Gasteiger partial charge is 0.407 e. The summed E-state index contributed by atoms with van der Waals surface area (Å²) < 4.78 is 30.7. The summed E-state index contributed by atoms with van der Waals surface area (Å²) >= 11 is 0. The Hall–Kier alpha value is -6.61. The van der Waals surface area contributed by atoms with E-state index in [0.717, 1.165) is 34.7 Å². The number of ether oxygens (including phenoxy) is 3. The van der Waals surface area contributed by atoms with Crippen molar-refractivity contribution in [1.29, 1.82) is 0 Å². The van der Waals surface area contributed by atoms with Crippen molar-refractivity contribution in [3.05, 3.63) is 131 Å². The molecule has 1 aliphatic rings. The summed E-state index contributed by atoms with van der Waals surface area (Å²) in [6.07, 6.45) is -0.974. The Balaban J connectivity index is 0.966. The van der Waals surface area contributed by atoms with Crippen LogP contribution in [0, 0.1) is 0 Å². The van der Waals surface area contributed by atoms with E-state index in [-0.39, 0.29) is 12.5 Å². The van der Waals surface area contributed by atoms with E-state index in [1.54, 1.807) is 30.3 Å². The van der Waals surface area contributed by atoms with Crippen LogP contribution in [0.5, 0.6) is 0 Å². The summed E-state index contributed by atoms with van der Waals surface area (Å²) in [7, 11) is 0. The van der Waals surface area contributed by atoms with Gasteiger partial charge in [0.1, 0.15) is 26.0 Å². The lowest BCUT2D eigenvalue weighted by molar-refractivity contribution is -0.162. The average molecular weight is 782 g/mol. The number of carbonyl (C=O) groups is 6. The van der Waals surface area contributed by atoms with Gasteiger partial charge in [0.15, 0.2) is 0 Å². The van der Waals surface area contributed by atoms with Crippen LogP contribution in [0.15, 0.2) is 109 Å². The van der Waals surface area contributed by atoms with E-state index in [1.165, 1.54) is 0 Å². The normalized spacial score (nSPS) is 13.1. The predicted molar refractivity (Wildman–Crippen MR) is 206 cm³/mol. The zero-order valence-corrected chi connectivity index (χ0v) is 31.3. The van der Waals surface area contributed by atoms with Gasteiger partial charge in [-0.25, -0.2) is 14.0 Å². The molecule has 0 spiro atoms. The summed E-state index contributed by atoms with van der Waals surface area (Å²) in [5.41, 5.74) is 3.42. The maximum atomic E-state index is 14.7. The highest BCUT2D eigenvalue weighted by atomic mass is 19.1. The summed E-state index contributed by atoms with van der Waals surface area (Å²) in [4.78, 5) is 74.0. The lowest BCUT2D eigenvalue weighted by Gasteiger charge is -2.26. The number of rotatable bonds is 19. The number of esters is 1. The molecule has 5 rings (SSSR count). The van der Waals surface area contributed by atoms with Crippen LogP contribution in [0.25, 0.3) is 11.1 Å². The molecule has 5 amide bonds. The molecule has 0 bridgehead atoms. The first-order valence-corrected chi connectivity index (χ1v) is 18.2. The third-order valence-corrected chi connectivity index (χ3v) is 8.91. The van der Waals surface area contributed by atoms with Crippen molar-refractivity contribution in [3.63, 3.8) is 0 Å². The van der Waals surface area contributed by atoms with Gasteiger partial charge in [-0.3, -0.25) is 19.2 Å². The summed E-state index contributed by atoms with van der Waals surface area (Å²) in [5.74, 6) is -4.11. The topological polar surface area (TPSA) is 190 Å². The number of hydrogen-bond acceptors (Lipinski definition) is 9. The molecule has 1 aliphatic carbocycles. The standard InChI is InChI=1S/C42H44FN5O9/c1-42(43,40(53)56-25-29-14-6-3-7-15-29)26-55-27-48-38(52)23-46-36(50)21-44-35(49)22-45-37(51)24-47-41(54)57-34(20-28-12-4-2-5-13-28)39-32-18-10-8-16-30(32)31-17-9-11-19-33(31)39/h2-19,34,39H,20-27H2,1H3,(H,44,49)(H,45,51)(H,46,50)(H,47,54)(H,48,52)/t34-,42-/m0/s1. The maximum absolute atomic E-state index is 14.7. The van der Waals surface area contributed by atoms with Gasteiger partial charge in [-0.2, -0.15) is 0 Å². The molecule has 0 aromatic heterocycles. The number of benzene rings is 4. The second-order valence-electron chi connectivity index (χ2n) is 13.3. The third-order valence-electron chi connectivity index (χ3n) is 8.91. The fourth-order valence-corrected chi connectivity index (χ4v) is 6.09. The number of amides is 5. The van der Waals surface area contributed by atoms with Crippen molar-refractivity contribution in [2.24, 2.45) is 0 Å². The molecular weight excluding hydrogens is 737 g/mol. The molecule has 57 heavy (non-hydrogen) atoms. The van der Waals surface area contributed by atoms with Gasteiger partial charge in [-0.1, -0.05) is 109 Å². The van der Waals surface area contributed by atoms with Gasteiger partial charge in [0.05, 0.1) is 26.2 Å². The number of hydrogen-bond donors (Lipinski definition) is 5. The predicted octanol–water partition coefficient (Wildman–Crippen LogP) is 3.05. The molecule has 0 unspecified atom stereocenters. The van der Waals surface area contributed by atoms with E-state index in [1.807, 2.05) is 78.9 Å². The molecule has 2 atom stereocenters. The lowest BCUT2D eigenvalue weighted by Crippen LogP contribution is -2.46. The first-order chi connectivity index (χ1) is 27.5. The van der Waals surface area contributed by atoms with Gasteiger partial charge in [0.25, 0.3) is 0 Å². The molecule has 14 nitrogen and oxygen atoms in total. The average Bonchev–Trinajstić information content (AvgIpc) is 3.56.